The summed E-state index contributed by atoms with van der Waals surface area (Å²) in [5, 5.41) is 1.53. The minimum atomic E-state index is 0. The SMILES string of the molecule is Cc1[c-]c2ccccc(-c3ccc(Cl)cc3)c-2c1.Cc1[c-]c2ccccc(-c3ccc(Cl)cc3)c-2c1.[CH3-].[CH3-].[Si]=[Zr]. The average molecular weight is 653 g/mol. The first kappa shape index (κ1) is 33.7. The zero-order chi connectivity index (χ0) is 27.1. The Morgan fingerprint density at radius 3 is 1.18 bits per heavy atom. The molecule has 200 valence electrons. The number of fused-ring (bicyclic) bond motifs is 2. The molecular formula is C36H30Cl2SiZr-4. The molecule has 0 saturated heterocycles. The topological polar surface area (TPSA) is 0 Å². The summed E-state index contributed by atoms with van der Waals surface area (Å²) in [6.45, 7) is 7.21. The normalized spacial score (nSPS) is 9.78. The van der Waals surface area contributed by atoms with E-state index in [-0.39, 0.29) is 14.9 Å². The Hall–Kier alpha value is -2.48. The second-order valence-electron chi connectivity index (χ2n) is 8.84. The second kappa shape index (κ2) is 16.1. The van der Waals surface area contributed by atoms with Crippen LogP contribution in [0.3, 0.4) is 0 Å². The van der Waals surface area contributed by atoms with Gasteiger partial charge in [-0.15, -0.1) is 58.7 Å². The molecule has 6 rings (SSSR count). The van der Waals surface area contributed by atoms with Crippen molar-refractivity contribution >= 4 is 30.1 Å². The molecule has 0 saturated carbocycles. The van der Waals surface area contributed by atoms with Gasteiger partial charge in [-0.3, -0.25) is 0 Å². The van der Waals surface area contributed by atoms with Crippen LogP contribution in [0.4, 0.5) is 0 Å². The monoisotopic (exact) mass is 650 g/mol. The Balaban J connectivity index is 0.000000252. The van der Waals surface area contributed by atoms with Crippen LogP contribution in [0.25, 0.3) is 44.5 Å². The Labute approximate surface area is 267 Å². The Kier molecular flexibility index (Phi) is 13.6. The van der Waals surface area contributed by atoms with Gasteiger partial charge in [0.25, 0.3) is 0 Å². The molecule has 0 heterocycles. The van der Waals surface area contributed by atoms with Gasteiger partial charge in [0.1, 0.15) is 0 Å². The summed E-state index contributed by atoms with van der Waals surface area (Å²) in [6.07, 6.45) is 0. The summed E-state index contributed by atoms with van der Waals surface area (Å²) < 4.78 is 0. The molecule has 4 heteroatoms. The number of hydrogen-bond donors (Lipinski definition) is 0. The van der Waals surface area contributed by atoms with Crippen LogP contribution >= 0.6 is 23.2 Å². The van der Waals surface area contributed by atoms with Crippen LogP contribution in [0.2, 0.25) is 10.0 Å². The first-order valence-corrected chi connectivity index (χ1v) is 17.0. The van der Waals surface area contributed by atoms with E-state index in [1.165, 1.54) is 67.8 Å². The van der Waals surface area contributed by atoms with E-state index in [1.807, 2.05) is 24.3 Å². The van der Waals surface area contributed by atoms with Gasteiger partial charge in [0, 0.05) is 10.0 Å². The molecule has 2 aromatic carbocycles. The predicted molar refractivity (Wildman–Crippen MR) is 173 cm³/mol. The van der Waals surface area contributed by atoms with Crippen molar-refractivity contribution < 1.29 is 23.3 Å². The zero-order valence-corrected chi connectivity index (χ0v) is 28.1. The summed E-state index contributed by atoms with van der Waals surface area (Å²) in [5.41, 5.74) is 11.9. The van der Waals surface area contributed by atoms with Crippen molar-refractivity contribution in [2.75, 3.05) is 0 Å². The van der Waals surface area contributed by atoms with Crippen molar-refractivity contribution in [2.24, 2.45) is 0 Å². The number of benzene rings is 2. The molecule has 2 aromatic rings. The van der Waals surface area contributed by atoms with Crippen LogP contribution in [-0.2, 0) is 23.3 Å². The molecular weight excluding hydrogens is 623 g/mol. The Bertz CT molecular complexity index is 1460. The molecule has 0 aromatic heterocycles. The van der Waals surface area contributed by atoms with Gasteiger partial charge in [0.05, 0.1) is 0 Å². The number of aryl methyl sites for hydroxylation is 2. The molecule has 0 aliphatic heterocycles. The summed E-state index contributed by atoms with van der Waals surface area (Å²) in [6, 6.07) is 43.7. The number of rotatable bonds is 2. The van der Waals surface area contributed by atoms with Crippen molar-refractivity contribution in [3.63, 3.8) is 0 Å². The van der Waals surface area contributed by atoms with Gasteiger partial charge in [-0.05, 0) is 35.4 Å². The van der Waals surface area contributed by atoms with Crippen LogP contribution in [0, 0.1) is 40.8 Å². The first-order chi connectivity index (χ1) is 18.5. The quantitative estimate of drug-likeness (QED) is 0.129. The Morgan fingerprint density at radius 2 is 0.825 bits per heavy atom. The second-order valence-corrected chi connectivity index (χ2v) is 9.71. The third-order valence-electron chi connectivity index (χ3n) is 6.13. The third-order valence-corrected chi connectivity index (χ3v) is 6.63. The molecule has 0 amide bonds. The van der Waals surface area contributed by atoms with Gasteiger partial charge in [-0.25, -0.2) is 0 Å². The molecule has 0 nitrogen and oxygen atoms in total. The van der Waals surface area contributed by atoms with E-state index in [1.54, 1.807) is 0 Å². The van der Waals surface area contributed by atoms with Gasteiger partial charge in [0.15, 0.2) is 0 Å². The summed E-state index contributed by atoms with van der Waals surface area (Å²) >= 11 is 13.2. The molecule has 0 unspecified atom stereocenters. The summed E-state index contributed by atoms with van der Waals surface area (Å²) in [5.74, 6) is 0. The van der Waals surface area contributed by atoms with E-state index in [4.69, 9.17) is 23.2 Å². The van der Waals surface area contributed by atoms with Gasteiger partial charge < -0.3 is 14.9 Å². The van der Waals surface area contributed by atoms with E-state index < -0.39 is 0 Å². The molecule has 0 atom stereocenters. The van der Waals surface area contributed by atoms with Gasteiger partial charge >= 0.3 is 30.2 Å². The van der Waals surface area contributed by atoms with Crippen LogP contribution in [0.15, 0.2) is 109 Å². The van der Waals surface area contributed by atoms with Crippen molar-refractivity contribution in [3.05, 3.63) is 157 Å². The number of hydrogen-bond acceptors (Lipinski definition) is 0. The maximum atomic E-state index is 5.94. The van der Waals surface area contributed by atoms with Crippen molar-refractivity contribution in [1.29, 1.82) is 0 Å². The minimum absolute atomic E-state index is 0. The predicted octanol–water partition coefficient (Wildman–Crippen LogP) is 11.0. The van der Waals surface area contributed by atoms with Gasteiger partial charge in [-0.1, -0.05) is 96.7 Å². The molecule has 0 spiro atoms. The third kappa shape index (κ3) is 8.27. The maximum absolute atomic E-state index is 5.94. The fourth-order valence-corrected chi connectivity index (χ4v) is 4.73. The van der Waals surface area contributed by atoms with Crippen molar-refractivity contribution in [2.45, 2.75) is 13.8 Å². The van der Waals surface area contributed by atoms with Gasteiger partial charge in [-0.2, -0.15) is 23.3 Å². The fraction of sp³-hybridized carbons (Fsp3) is 0.0556. The summed E-state index contributed by atoms with van der Waals surface area (Å²) in [7, 11) is 0. The number of halogens is 2. The van der Waals surface area contributed by atoms with Crippen LogP contribution in [-0.4, -0.2) is 6.88 Å². The van der Waals surface area contributed by atoms with E-state index in [0.29, 0.717) is 0 Å². The molecule has 4 aliphatic rings. The Morgan fingerprint density at radius 1 is 0.500 bits per heavy atom. The first-order valence-electron chi connectivity index (χ1n) is 12.1. The zero-order valence-electron chi connectivity index (χ0n) is 23.1. The molecule has 0 fully saturated rings. The van der Waals surface area contributed by atoms with Crippen molar-refractivity contribution in [3.8, 4) is 44.5 Å². The van der Waals surface area contributed by atoms with E-state index in [0.717, 1.165) is 21.2 Å². The van der Waals surface area contributed by atoms with E-state index in [2.05, 4.69) is 118 Å². The molecule has 0 bridgehead atoms. The van der Waals surface area contributed by atoms with Crippen LogP contribution < -0.4 is 0 Å². The summed E-state index contributed by atoms with van der Waals surface area (Å²) in [4.78, 5) is 0. The van der Waals surface area contributed by atoms with Crippen LogP contribution in [0.5, 0.6) is 0 Å². The van der Waals surface area contributed by atoms with Crippen molar-refractivity contribution in [1.82, 2.24) is 0 Å². The molecule has 40 heavy (non-hydrogen) atoms. The van der Waals surface area contributed by atoms with Gasteiger partial charge in [0.2, 0.25) is 0 Å². The van der Waals surface area contributed by atoms with E-state index >= 15 is 0 Å². The standard InChI is InChI=1S/2C17H12Cl.2CH3.Si.Zr/c2*1-12-10-14-4-2-3-5-16(17(14)11-12)13-6-8-15(18)9-7-13;;;;/h2*2-9,11H,1H3;2*1H3;;/q4*-1;;. The molecule has 4 aliphatic carbocycles. The van der Waals surface area contributed by atoms with E-state index in [9.17, 15) is 0 Å². The fourth-order valence-electron chi connectivity index (χ4n) is 4.48. The van der Waals surface area contributed by atoms with Crippen LogP contribution in [0.1, 0.15) is 11.1 Å². The average Bonchev–Trinajstić information content (AvgIpc) is 3.34. The molecule has 2 radical (unpaired) electrons. The molecule has 0 N–H and O–H groups in total.